The van der Waals surface area contributed by atoms with E-state index in [1.165, 1.54) is 0 Å². The molecule has 0 fully saturated rings. The molecule has 0 aliphatic heterocycles. The summed E-state index contributed by atoms with van der Waals surface area (Å²) in [6.45, 7) is 0. The Morgan fingerprint density at radius 3 is 2.76 bits per heavy atom. The van der Waals surface area contributed by atoms with Crippen molar-refractivity contribution < 1.29 is 18.3 Å². The lowest BCUT2D eigenvalue weighted by molar-refractivity contribution is 0.153. The van der Waals surface area contributed by atoms with Crippen LogP contribution >= 0.6 is 0 Å². The largest absolute Gasteiger partial charge is 0.387 e. The van der Waals surface area contributed by atoms with E-state index >= 15 is 0 Å². The van der Waals surface area contributed by atoms with Crippen molar-refractivity contribution in [2.45, 2.75) is 25.4 Å². The third-order valence-electron chi connectivity index (χ3n) is 3.30. The van der Waals surface area contributed by atoms with Crippen LogP contribution in [-0.2, 0) is 6.42 Å². The first kappa shape index (κ1) is 10.7. The number of H-pyrrole nitrogens is 1. The van der Waals surface area contributed by atoms with Crippen molar-refractivity contribution in [1.82, 2.24) is 4.98 Å². The summed E-state index contributed by atoms with van der Waals surface area (Å²) < 4.78 is 39.9. The van der Waals surface area contributed by atoms with Crippen LogP contribution in [0.5, 0.6) is 0 Å². The maximum Gasteiger partial charge on any atom is 0.195 e. The van der Waals surface area contributed by atoms with E-state index in [9.17, 15) is 18.3 Å². The van der Waals surface area contributed by atoms with Crippen LogP contribution in [0, 0.1) is 17.5 Å². The molecule has 2 N–H and O–H groups in total. The van der Waals surface area contributed by atoms with Gasteiger partial charge in [-0.15, -0.1) is 0 Å². The second-order valence-corrected chi connectivity index (χ2v) is 4.33. The minimum absolute atomic E-state index is 0.0673. The SMILES string of the molecule is OC1CCCc2c1[nH]c1cc(F)c(F)c(F)c21. The molecule has 2 aromatic rings. The monoisotopic (exact) mass is 241 g/mol. The fourth-order valence-electron chi connectivity index (χ4n) is 2.50. The number of fused-ring (bicyclic) bond motifs is 3. The molecule has 3 rings (SSSR count). The molecule has 0 amide bonds. The summed E-state index contributed by atoms with van der Waals surface area (Å²) in [5, 5.41) is 9.82. The van der Waals surface area contributed by atoms with E-state index in [0.29, 0.717) is 30.5 Å². The quantitative estimate of drug-likeness (QED) is 0.683. The number of hydrogen-bond donors (Lipinski definition) is 2. The van der Waals surface area contributed by atoms with Crippen LogP contribution in [0.15, 0.2) is 6.07 Å². The molecule has 1 atom stereocenters. The second-order valence-electron chi connectivity index (χ2n) is 4.33. The van der Waals surface area contributed by atoms with Crippen molar-refractivity contribution in [3.63, 3.8) is 0 Å². The molecule has 1 aliphatic carbocycles. The number of aromatic amines is 1. The zero-order valence-electron chi connectivity index (χ0n) is 8.86. The highest BCUT2D eigenvalue weighted by molar-refractivity contribution is 5.86. The minimum Gasteiger partial charge on any atom is -0.387 e. The Bertz CT molecular complexity index is 606. The normalized spacial score (nSPS) is 19.6. The molecule has 1 unspecified atom stereocenters. The van der Waals surface area contributed by atoms with Crippen molar-refractivity contribution in [3.8, 4) is 0 Å². The topological polar surface area (TPSA) is 36.0 Å². The Balaban J connectivity index is 2.39. The molecule has 1 aromatic carbocycles. The molecule has 5 heteroatoms. The number of aryl methyl sites for hydroxylation is 1. The van der Waals surface area contributed by atoms with E-state index in [1.807, 2.05) is 0 Å². The van der Waals surface area contributed by atoms with Gasteiger partial charge in [-0.2, -0.15) is 0 Å². The summed E-state index contributed by atoms with van der Waals surface area (Å²) in [5.41, 5.74) is 1.25. The summed E-state index contributed by atoms with van der Waals surface area (Å²) in [4.78, 5) is 2.78. The van der Waals surface area contributed by atoms with Gasteiger partial charge < -0.3 is 10.1 Å². The number of aliphatic hydroxyl groups is 1. The lowest BCUT2D eigenvalue weighted by Crippen LogP contribution is -2.08. The number of aliphatic hydroxyl groups excluding tert-OH is 1. The fourth-order valence-corrected chi connectivity index (χ4v) is 2.50. The summed E-state index contributed by atoms with van der Waals surface area (Å²) in [6, 6.07) is 0.929. The number of halogens is 3. The van der Waals surface area contributed by atoms with Gasteiger partial charge in [0.15, 0.2) is 17.5 Å². The summed E-state index contributed by atoms with van der Waals surface area (Å²) >= 11 is 0. The van der Waals surface area contributed by atoms with Crippen molar-refractivity contribution in [3.05, 3.63) is 34.8 Å². The van der Waals surface area contributed by atoms with E-state index in [4.69, 9.17) is 0 Å². The third-order valence-corrected chi connectivity index (χ3v) is 3.30. The molecule has 2 nitrogen and oxygen atoms in total. The lowest BCUT2D eigenvalue weighted by Gasteiger charge is -2.17. The van der Waals surface area contributed by atoms with Crippen molar-refractivity contribution in [2.24, 2.45) is 0 Å². The number of rotatable bonds is 0. The zero-order chi connectivity index (χ0) is 12.2. The number of nitrogens with one attached hydrogen (secondary N) is 1. The van der Waals surface area contributed by atoms with Gasteiger partial charge in [0.05, 0.1) is 11.6 Å². The van der Waals surface area contributed by atoms with Crippen molar-refractivity contribution >= 4 is 10.9 Å². The summed E-state index contributed by atoms with van der Waals surface area (Å²) in [7, 11) is 0. The molecular weight excluding hydrogens is 231 g/mol. The van der Waals surface area contributed by atoms with Gasteiger partial charge in [0.1, 0.15) is 0 Å². The smallest absolute Gasteiger partial charge is 0.195 e. The molecule has 0 bridgehead atoms. The van der Waals surface area contributed by atoms with E-state index in [-0.39, 0.29) is 10.9 Å². The highest BCUT2D eigenvalue weighted by Crippen LogP contribution is 2.36. The van der Waals surface area contributed by atoms with Crippen molar-refractivity contribution in [1.29, 1.82) is 0 Å². The fraction of sp³-hybridized carbons (Fsp3) is 0.333. The van der Waals surface area contributed by atoms with E-state index < -0.39 is 23.6 Å². The number of hydrogen-bond acceptors (Lipinski definition) is 1. The first-order chi connectivity index (χ1) is 8.09. The van der Waals surface area contributed by atoms with Crippen LogP contribution in [-0.4, -0.2) is 10.1 Å². The lowest BCUT2D eigenvalue weighted by atomic mass is 9.93. The molecule has 17 heavy (non-hydrogen) atoms. The summed E-state index contributed by atoms with van der Waals surface area (Å²) in [6.07, 6.45) is 1.14. The Kier molecular flexibility index (Phi) is 2.19. The maximum atomic E-state index is 13.7. The molecule has 90 valence electrons. The van der Waals surface area contributed by atoms with Crippen LogP contribution in [0.1, 0.15) is 30.2 Å². The third kappa shape index (κ3) is 1.38. The van der Waals surface area contributed by atoms with Gasteiger partial charge in [0.2, 0.25) is 0 Å². The van der Waals surface area contributed by atoms with Crippen LogP contribution in [0.3, 0.4) is 0 Å². The first-order valence-corrected chi connectivity index (χ1v) is 5.45. The highest BCUT2D eigenvalue weighted by Gasteiger charge is 2.26. The van der Waals surface area contributed by atoms with E-state index in [1.54, 1.807) is 0 Å². The Labute approximate surface area is 95.1 Å². The van der Waals surface area contributed by atoms with Gasteiger partial charge >= 0.3 is 0 Å². The molecular formula is C12H10F3NO. The first-order valence-electron chi connectivity index (χ1n) is 5.45. The van der Waals surface area contributed by atoms with Crippen LogP contribution in [0.2, 0.25) is 0 Å². The Morgan fingerprint density at radius 1 is 1.24 bits per heavy atom. The second kappa shape index (κ2) is 3.50. The van der Waals surface area contributed by atoms with Crippen LogP contribution in [0.25, 0.3) is 10.9 Å². The summed E-state index contributed by atoms with van der Waals surface area (Å²) in [5.74, 6) is -3.85. The van der Waals surface area contributed by atoms with Gasteiger partial charge in [-0.05, 0) is 24.8 Å². The molecule has 1 heterocycles. The zero-order valence-corrected chi connectivity index (χ0v) is 8.86. The molecule has 0 spiro atoms. The molecule has 0 radical (unpaired) electrons. The molecule has 0 saturated carbocycles. The number of benzene rings is 1. The number of aromatic nitrogens is 1. The van der Waals surface area contributed by atoms with Crippen LogP contribution < -0.4 is 0 Å². The van der Waals surface area contributed by atoms with Crippen LogP contribution in [0.4, 0.5) is 13.2 Å². The van der Waals surface area contributed by atoms with Gasteiger partial charge in [0, 0.05) is 17.1 Å². The average Bonchev–Trinajstić information content (AvgIpc) is 2.66. The molecule has 0 saturated heterocycles. The predicted molar refractivity (Wildman–Crippen MR) is 56.1 cm³/mol. The molecule has 1 aromatic heterocycles. The van der Waals surface area contributed by atoms with Gasteiger partial charge in [-0.1, -0.05) is 0 Å². The van der Waals surface area contributed by atoms with E-state index in [0.717, 1.165) is 6.07 Å². The Morgan fingerprint density at radius 2 is 2.00 bits per heavy atom. The van der Waals surface area contributed by atoms with Gasteiger partial charge in [0.25, 0.3) is 0 Å². The highest BCUT2D eigenvalue weighted by atomic mass is 19.2. The maximum absolute atomic E-state index is 13.7. The standard InChI is InChI=1S/C12H10F3NO/c13-6-4-7-9(11(15)10(6)14)5-2-1-3-8(17)12(5)16-7/h4,8,16-17H,1-3H2. The van der Waals surface area contributed by atoms with E-state index in [2.05, 4.69) is 4.98 Å². The predicted octanol–water partition coefficient (Wildman–Crippen LogP) is 2.95. The average molecular weight is 241 g/mol. The minimum atomic E-state index is -1.46. The van der Waals surface area contributed by atoms with Crippen molar-refractivity contribution in [2.75, 3.05) is 0 Å². The Hall–Kier alpha value is -1.49. The van der Waals surface area contributed by atoms with Gasteiger partial charge in [-0.25, -0.2) is 13.2 Å². The molecule has 1 aliphatic rings. The van der Waals surface area contributed by atoms with Gasteiger partial charge in [-0.3, -0.25) is 0 Å².